The van der Waals surface area contributed by atoms with Crippen LogP contribution in [0.3, 0.4) is 0 Å². The van der Waals surface area contributed by atoms with Crippen LogP contribution in [0.2, 0.25) is 0 Å². The van der Waals surface area contributed by atoms with Crippen molar-refractivity contribution in [3.05, 3.63) is 29.6 Å². The maximum Gasteiger partial charge on any atom is 0.222 e. The van der Waals surface area contributed by atoms with Crippen LogP contribution in [-0.2, 0) is 11.3 Å². The smallest absolute Gasteiger partial charge is 0.222 e. The standard InChI is InChI=1S/C16H27N3O/c1-13-6-5-7-14(18-13)12-19(4)15(20)8-9-16(2,3)10-11-17/h5-7H,8-12,17H2,1-4H3. The zero-order valence-corrected chi connectivity index (χ0v) is 13.1. The number of nitrogens with zero attached hydrogens (tertiary/aromatic N) is 2. The largest absolute Gasteiger partial charge is 0.340 e. The Labute approximate surface area is 122 Å². The number of amides is 1. The highest BCUT2D eigenvalue weighted by molar-refractivity contribution is 5.75. The highest BCUT2D eigenvalue weighted by Crippen LogP contribution is 2.26. The summed E-state index contributed by atoms with van der Waals surface area (Å²) >= 11 is 0. The van der Waals surface area contributed by atoms with Crippen molar-refractivity contribution < 1.29 is 4.79 Å². The molecule has 0 saturated heterocycles. The average Bonchev–Trinajstić information content (AvgIpc) is 2.36. The number of hydrogen-bond donors (Lipinski definition) is 1. The molecule has 2 N–H and O–H groups in total. The Balaban J connectivity index is 2.47. The van der Waals surface area contributed by atoms with Crippen LogP contribution >= 0.6 is 0 Å². The van der Waals surface area contributed by atoms with Gasteiger partial charge < -0.3 is 10.6 Å². The summed E-state index contributed by atoms with van der Waals surface area (Å²) in [5, 5.41) is 0. The lowest BCUT2D eigenvalue weighted by atomic mass is 9.84. The molecule has 0 atom stereocenters. The van der Waals surface area contributed by atoms with E-state index >= 15 is 0 Å². The van der Waals surface area contributed by atoms with Gasteiger partial charge in [-0.3, -0.25) is 9.78 Å². The number of hydrogen-bond acceptors (Lipinski definition) is 3. The van der Waals surface area contributed by atoms with Crippen LogP contribution in [-0.4, -0.2) is 29.4 Å². The molecule has 0 unspecified atom stereocenters. The van der Waals surface area contributed by atoms with Gasteiger partial charge in [0, 0.05) is 19.2 Å². The normalized spacial score (nSPS) is 11.4. The summed E-state index contributed by atoms with van der Waals surface area (Å²) in [6.07, 6.45) is 2.38. The quantitative estimate of drug-likeness (QED) is 0.833. The zero-order valence-electron chi connectivity index (χ0n) is 13.1. The Kier molecular flexibility index (Phi) is 6.14. The molecule has 0 saturated carbocycles. The van der Waals surface area contributed by atoms with Crippen molar-refractivity contribution in [3.63, 3.8) is 0 Å². The Bertz CT molecular complexity index is 443. The molecule has 4 nitrogen and oxygen atoms in total. The molecule has 0 fully saturated rings. The average molecular weight is 277 g/mol. The molecule has 1 amide bonds. The van der Waals surface area contributed by atoms with E-state index in [9.17, 15) is 4.79 Å². The molecule has 1 aromatic heterocycles. The van der Waals surface area contributed by atoms with Crippen molar-refractivity contribution in [2.75, 3.05) is 13.6 Å². The summed E-state index contributed by atoms with van der Waals surface area (Å²) in [5.41, 5.74) is 7.64. The fourth-order valence-electron chi connectivity index (χ4n) is 2.17. The van der Waals surface area contributed by atoms with E-state index in [4.69, 9.17) is 5.73 Å². The number of pyridine rings is 1. The van der Waals surface area contributed by atoms with Gasteiger partial charge in [0.1, 0.15) is 0 Å². The predicted molar refractivity (Wildman–Crippen MR) is 82.1 cm³/mol. The van der Waals surface area contributed by atoms with Gasteiger partial charge in [0.15, 0.2) is 0 Å². The van der Waals surface area contributed by atoms with Crippen molar-refractivity contribution >= 4 is 5.91 Å². The molecular weight excluding hydrogens is 250 g/mol. The molecule has 0 aromatic carbocycles. The summed E-state index contributed by atoms with van der Waals surface area (Å²) in [5.74, 6) is 0.165. The summed E-state index contributed by atoms with van der Waals surface area (Å²) in [6, 6.07) is 5.89. The monoisotopic (exact) mass is 277 g/mol. The van der Waals surface area contributed by atoms with Gasteiger partial charge in [0.25, 0.3) is 0 Å². The third-order valence-electron chi connectivity index (χ3n) is 3.61. The van der Waals surface area contributed by atoms with Crippen LogP contribution in [0, 0.1) is 12.3 Å². The number of carbonyl (C=O) groups is 1. The second kappa shape index (κ2) is 7.39. The molecule has 0 spiro atoms. The van der Waals surface area contributed by atoms with Gasteiger partial charge >= 0.3 is 0 Å². The number of rotatable bonds is 7. The van der Waals surface area contributed by atoms with Crippen molar-refractivity contribution in [3.8, 4) is 0 Å². The first-order valence-electron chi connectivity index (χ1n) is 7.20. The van der Waals surface area contributed by atoms with E-state index in [2.05, 4.69) is 18.8 Å². The first-order valence-corrected chi connectivity index (χ1v) is 7.20. The fourth-order valence-corrected chi connectivity index (χ4v) is 2.17. The topological polar surface area (TPSA) is 59.2 Å². The Morgan fingerprint density at radius 2 is 2.05 bits per heavy atom. The van der Waals surface area contributed by atoms with E-state index in [1.807, 2.05) is 32.2 Å². The highest BCUT2D eigenvalue weighted by Gasteiger charge is 2.19. The number of aromatic nitrogens is 1. The van der Waals surface area contributed by atoms with Crippen molar-refractivity contribution in [1.82, 2.24) is 9.88 Å². The number of carbonyl (C=O) groups excluding carboxylic acids is 1. The van der Waals surface area contributed by atoms with Crippen LogP contribution in [0.15, 0.2) is 18.2 Å². The van der Waals surface area contributed by atoms with Crippen molar-refractivity contribution in [2.45, 2.75) is 46.6 Å². The van der Waals surface area contributed by atoms with Gasteiger partial charge in [-0.1, -0.05) is 19.9 Å². The van der Waals surface area contributed by atoms with Gasteiger partial charge in [-0.15, -0.1) is 0 Å². The number of nitrogens with two attached hydrogens (primary N) is 1. The van der Waals surface area contributed by atoms with Gasteiger partial charge in [-0.2, -0.15) is 0 Å². The third kappa shape index (κ3) is 5.70. The molecule has 1 rings (SSSR count). The third-order valence-corrected chi connectivity index (χ3v) is 3.61. The maximum absolute atomic E-state index is 12.2. The molecule has 0 radical (unpaired) electrons. The van der Waals surface area contributed by atoms with E-state index in [0.717, 1.165) is 24.2 Å². The summed E-state index contributed by atoms with van der Waals surface area (Å²) in [4.78, 5) is 18.3. The molecule has 0 bridgehead atoms. The van der Waals surface area contributed by atoms with E-state index < -0.39 is 0 Å². The number of aryl methyl sites for hydroxylation is 1. The Morgan fingerprint density at radius 1 is 1.35 bits per heavy atom. The Morgan fingerprint density at radius 3 is 2.65 bits per heavy atom. The van der Waals surface area contributed by atoms with Crippen LogP contribution in [0.1, 0.15) is 44.5 Å². The molecule has 0 aliphatic rings. The molecule has 112 valence electrons. The second-order valence-electron chi connectivity index (χ2n) is 6.22. The van der Waals surface area contributed by atoms with Gasteiger partial charge in [0.05, 0.1) is 12.2 Å². The lowest BCUT2D eigenvalue weighted by molar-refractivity contribution is -0.131. The minimum absolute atomic E-state index is 0.132. The van der Waals surface area contributed by atoms with Gasteiger partial charge in [-0.05, 0) is 43.9 Å². The van der Waals surface area contributed by atoms with Crippen molar-refractivity contribution in [1.29, 1.82) is 0 Å². The predicted octanol–water partition coefficient (Wildman–Crippen LogP) is 2.50. The maximum atomic E-state index is 12.2. The first kappa shape index (κ1) is 16.6. The van der Waals surface area contributed by atoms with E-state index in [0.29, 0.717) is 19.5 Å². The zero-order chi connectivity index (χ0) is 15.2. The summed E-state index contributed by atoms with van der Waals surface area (Å²) in [7, 11) is 1.84. The molecule has 0 aliphatic heterocycles. The molecule has 0 aliphatic carbocycles. The van der Waals surface area contributed by atoms with E-state index in [1.165, 1.54) is 0 Å². The molecule has 1 heterocycles. The minimum atomic E-state index is 0.132. The van der Waals surface area contributed by atoms with Crippen LogP contribution in [0.4, 0.5) is 0 Å². The van der Waals surface area contributed by atoms with Gasteiger partial charge in [0.2, 0.25) is 5.91 Å². The molecule has 1 aromatic rings. The molecular formula is C16H27N3O. The van der Waals surface area contributed by atoms with Crippen LogP contribution in [0.25, 0.3) is 0 Å². The van der Waals surface area contributed by atoms with Crippen LogP contribution < -0.4 is 5.73 Å². The summed E-state index contributed by atoms with van der Waals surface area (Å²) < 4.78 is 0. The Hall–Kier alpha value is -1.42. The lowest BCUT2D eigenvalue weighted by Crippen LogP contribution is -2.28. The molecule has 20 heavy (non-hydrogen) atoms. The van der Waals surface area contributed by atoms with E-state index in [1.54, 1.807) is 4.90 Å². The molecule has 4 heteroatoms. The van der Waals surface area contributed by atoms with Crippen LogP contribution in [0.5, 0.6) is 0 Å². The highest BCUT2D eigenvalue weighted by atomic mass is 16.2. The lowest BCUT2D eigenvalue weighted by Gasteiger charge is -2.25. The van der Waals surface area contributed by atoms with Crippen molar-refractivity contribution in [2.24, 2.45) is 11.1 Å². The fraction of sp³-hybridized carbons (Fsp3) is 0.625. The second-order valence-corrected chi connectivity index (χ2v) is 6.22. The minimum Gasteiger partial charge on any atom is -0.340 e. The van der Waals surface area contributed by atoms with Gasteiger partial charge in [-0.25, -0.2) is 0 Å². The SMILES string of the molecule is Cc1cccc(CN(C)C(=O)CCC(C)(C)CCN)n1. The van der Waals surface area contributed by atoms with E-state index in [-0.39, 0.29) is 11.3 Å². The summed E-state index contributed by atoms with van der Waals surface area (Å²) in [6.45, 7) is 7.52. The first-order chi connectivity index (χ1) is 9.34.